The number of pyridine rings is 1. The molecule has 1 heterocycles. The first-order valence-corrected chi connectivity index (χ1v) is 11.9. The van der Waals surface area contributed by atoms with Crippen LogP contribution in [0.25, 0.3) is 0 Å². The highest BCUT2D eigenvalue weighted by Gasteiger charge is 2.20. The van der Waals surface area contributed by atoms with Crippen molar-refractivity contribution >= 4 is 0 Å². The van der Waals surface area contributed by atoms with Crippen molar-refractivity contribution in [2.45, 2.75) is 45.6 Å². The second-order valence-corrected chi connectivity index (χ2v) is 9.05. The molecule has 2 nitrogen and oxygen atoms in total. The fourth-order valence-corrected chi connectivity index (χ4v) is 4.46. The Morgan fingerprint density at radius 3 is 2.12 bits per heavy atom. The van der Waals surface area contributed by atoms with Gasteiger partial charge in [-0.1, -0.05) is 86.6 Å². The van der Waals surface area contributed by atoms with Crippen molar-refractivity contribution in [1.82, 2.24) is 4.98 Å². The zero-order chi connectivity index (χ0) is 22.9. The fourth-order valence-electron chi connectivity index (χ4n) is 4.46. The molecule has 0 saturated carbocycles. The van der Waals surface area contributed by atoms with Crippen molar-refractivity contribution in [3.63, 3.8) is 0 Å². The number of rotatable bonds is 10. The van der Waals surface area contributed by atoms with E-state index in [-0.39, 0.29) is 0 Å². The van der Waals surface area contributed by atoms with Crippen LogP contribution in [0.1, 0.15) is 54.0 Å². The summed E-state index contributed by atoms with van der Waals surface area (Å²) >= 11 is 0. The molecule has 1 atom stereocenters. The van der Waals surface area contributed by atoms with Gasteiger partial charge in [0.25, 0.3) is 0 Å². The van der Waals surface area contributed by atoms with Crippen LogP contribution in [0.5, 0.6) is 5.75 Å². The van der Waals surface area contributed by atoms with Crippen LogP contribution >= 0.6 is 0 Å². The molecule has 4 rings (SSSR count). The first-order chi connectivity index (χ1) is 16.2. The maximum atomic E-state index is 6.19. The Morgan fingerprint density at radius 1 is 0.758 bits per heavy atom. The van der Waals surface area contributed by atoms with Crippen LogP contribution in [0, 0.1) is 5.92 Å². The topological polar surface area (TPSA) is 22.1 Å². The number of hydrogen-bond acceptors (Lipinski definition) is 2. The molecular formula is C31H33NO. The van der Waals surface area contributed by atoms with E-state index in [4.69, 9.17) is 4.74 Å². The third-order valence-corrected chi connectivity index (χ3v) is 6.27. The summed E-state index contributed by atoms with van der Waals surface area (Å²) in [5.74, 6) is 1.96. The Labute approximate surface area is 198 Å². The molecule has 33 heavy (non-hydrogen) atoms. The van der Waals surface area contributed by atoms with Gasteiger partial charge in [-0.15, -0.1) is 0 Å². The third-order valence-electron chi connectivity index (χ3n) is 6.27. The van der Waals surface area contributed by atoms with Crippen molar-refractivity contribution in [3.8, 4) is 5.75 Å². The highest BCUT2D eigenvalue weighted by Crippen LogP contribution is 2.35. The number of ether oxygens (including phenoxy) is 1. The zero-order valence-corrected chi connectivity index (χ0v) is 19.7. The Hall–Kier alpha value is -3.39. The monoisotopic (exact) mass is 435 g/mol. The van der Waals surface area contributed by atoms with E-state index in [1.807, 2.05) is 24.5 Å². The van der Waals surface area contributed by atoms with Gasteiger partial charge in [0.1, 0.15) is 12.4 Å². The van der Waals surface area contributed by atoms with E-state index in [1.165, 1.54) is 27.8 Å². The molecule has 0 saturated heterocycles. The van der Waals surface area contributed by atoms with Crippen molar-refractivity contribution in [2.24, 2.45) is 5.92 Å². The van der Waals surface area contributed by atoms with E-state index in [2.05, 4.69) is 97.7 Å². The smallest absolute Gasteiger partial charge is 0.120 e. The number of hydrogen-bond donors (Lipinski definition) is 0. The molecule has 0 fully saturated rings. The molecule has 0 aliphatic heterocycles. The minimum Gasteiger partial charge on any atom is -0.489 e. The largest absolute Gasteiger partial charge is 0.489 e. The van der Waals surface area contributed by atoms with Crippen molar-refractivity contribution in [3.05, 3.63) is 131 Å². The standard InChI is InChI=1S/C31H33NO/c1-24(2)30(17-15-26-14-9-19-32-22-26)31-18-16-29(33-23-27-12-7-4-8-13-27)21-28(31)20-25-10-5-3-6-11-25/h3-14,16,18-19,21-22,24,30H,15,17,20,23H2,1-2H3. The van der Waals surface area contributed by atoms with Gasteiger partial charge in [-0.3, -0.25) is 4.98 Å². The summed E-state index contributed by atoms with van der Waals surface area (Å²) in [6.07, 6.45) is 6.89. The van der Waals surface area contributed by atoms with E-state index < -0.39 is 0 Å². The molecule has 1 aromatic heterocycles. The van der Waals surface area contributed by atoms with Crippen LogP contribution in [-0.4, -0.2) is 4.98 Å². The minimum absolute atomic E-state index is 0.479. The summed E-state index contributed by atoms with van der Waals surface area (Å²) in [6.45, 7) is 5.25. The summed E-state index contributed by atoms with van der Waals surface area (Å²) in [7, 11) is 0. The van der Waals surface area contributed by atoms with Gasteiger partial charge in [-0.2, -0.15) is 0 Å². The number of aryl methyl sites for hydroxylation is 1. The highest BCUT2D eigenvalue weighted by molar-refractivity contribution is 5.41. The molecular weight excluding hydrogens is 402 g/mol. The second-order valence-electron chi connectivity index (χ2n) is 9.05. The lowest BCUT2D eigenvalue weighted by Gasteiger charge is -2.25. The molecule has 168 valence electrons. The molecule has 0 radical (unpaired) electrons. The summed E-state index contributed by atoms with van der Waals surface area (Å²) in [5, 5.41) is 0. The average molecular weight is 436 g/mol. The number of nitrogens with zero attached hydrogens (tertiary/aromatic N) is 1. The summed E-state index contributed by atoms with van der Waals surface area (Å²) < 4.78 is 6.19. The second kappa shape index (κ2) is 11.5. The van der Waals surface area contributed by atoms with Gasteiger partial charge in [0, 0.05) is 12.4 Å². The maximum absolute atomic E-state index is 6.19. The molecule has 0 aliphatic rings. The molecule has 0 amide bonds. The van der Waals surface area contributed by atoms with Crippen LogP contribution < -0.4 is 4.74 Å². The van der Waals surface area contributed by atoms with Crippen LogP contribution in [0.15, 0.2) is 103 Å². The molecule has 0 aliphatic carbocycles. The lowest BCUT2D eigenvalue weighted by atomic mass is 9.80. The molecule has 0 bridgehead atoms. The summed E-state index contributed by atoms with van der Waals surface area (Å²) in [5.41, 5.74) is 6.61. The average Bonchev–Trinajstić information content (AvgIpc) is 2.85. The number of benzene rings is 3. The Kier molecular flexibility index (Phi) is 7.92. The first-order valence-electron chi connectivity index (χ1n) is 11.9. The van der Waals surface area contributed by atoms with Crippen LogP contribution in [0.3, 0.4) is 0 Å². The fraction of sp³-hybridized carbons (Fsp3) is 0.258. The SMILES string of the molecule is CC(C)C(CCc1cccnc1)c1ccc(OCc2ccccc2)cc1Cc1ccccc1. The van der Waals surface area contributed by atoms with Gasteiger partial charge in [0.15, 0.2) is 0 Å². The van der Waals surface area contributed by atoms with E-state index in [9.17, 15) is 0 Å². The lowest BCUT2D eigenvalue weighted by molar-refractivity contribution is 0.305. The van der Waals surface area contributed by atoms with Gasteiger partial charge >= 0.3 is 0 Å². The lowest BCUT2D eigenvalue weighted by Crippen LogP contribution is -2.12. The van der Waals surface area contributed by atoms with Crippen LogP contribution in [0.2, 0.25) is 0 Å². The van der Waals surface area contributed by atoms with Crippen molar-refractivity contribution < 1.29 is 4.74 Å². The summed E-state index contributed by atoms with van der Waals surface area (Å²) in [6, 6.07) is 32.0. The normalized spacial score (nSPS) is 12.0. The first kappa shape index (κ1) is 22.8. The van der Waals surface area contributed by atoms with E-state index in [1.54, 1.807) is 0 Å². The van der Waals surface area contributed by atoms with E-state index in [0.717, 1.165) is 25.0 Å². The van der Waals surface area contributed by atoms with Gasteiger partial charge in [0.2, 0.25) is 0 Å². The number of aromatic nitrogens is 1. The molecule has 3 aromatic carbocycles. The zero-order valence-electron chi connectivity index (χ0n) is 19.7. The van der Waals surface area contributed by atoms with Crippen molar-refractivity contribution in [1.29, 1.82) is 0 Å². The van der Waals surface area contributed by atoms with Gasteiger partial charge in [0.05, 0.1) is 0 Å². The predicted molar refractivity (Wildman–Crippen MR) is 137 cm³/mol. The highest BCUT2D eigenvalue weighted by atomic mass is 16.5. The Morgan fingerprint density at radius 2 is 1.45 bits per heavy atom. The molecule has 0 N–H and O–H groups in total. The molecule has 0 spiro atoms. The van der Waals surface area contributed by atoms with Gasteiger partial charge in [-0.05, 0) is 77.1 Å². The van der Waals surface area contributed by atoms with Crippen molar-refractivity contribution in [2.75, 3.05) is 0 Å². The maximum Gasteiger partial charge on any atom is 0.120 e. The molecule has 2 heteroatoms. The molecule has 4 aromatic rings. The minimum atomic E-state index is 0.479. The van der Waals surface area contributed by atoms with Crippen LogP contribution in [0.4, 0.5) is 0 Å². The third kappa shape index (κ3) is 6.55. The quantitative estimate of drug-likeness (QED) is 0.255. The Bertz CT molecular complexity index is 1110. The Balaban J connectivity index is 1.59. The summed E-state index contributed by atoms with van der Waals surface area (Å²) in [4.78, 5) is 4.29. The van der Waals surface area contributed by atoms with E-state index in [0.29, 0.717) is 18.4 Å². The van der Waals surface area contributed by atoms with Crippen LogP contribution in [-0.2, 0) is 19.4 Å². The van der Waals surface area contributed by atoms with E-state index >= 15 is 0 Å². The van der Waals surface area contributed by atoms with Gasteiger partial charge in [-0.25, -0.2) is 0 Å². The molecule has 1 unspecified atom stereocenters. The predicted octanol–water partition coefficient (Wildman–Crippen LogP) is 7.62. The van der Waals surface area contributed by atoms with Gasteiger partial charge < -0.3 is 4.74 Å².